The standard InChI is InChI=1S/C15H13ClN2S2/c16-12-5-4-8-14(9-12)17-10-18(15(19)20-11-17)13-6-2-1-3-7-13/h1-9H,10-11H2. The van der Waals surface area contributed by atoms with Crippen molar-refractivity contribution in [3.8, 4) is 0 Å². The van der Waals surface area contributed by atoms with Crippen LogP contribution in [-0.4, -0.2) is 16.9 Å². The zero-order chi connectivity index (χ0) is 13.9. The zero-order valence-electron chi connectivity index (χ0n) is 10.7. The van der Waals surface area contributed by atoms with Gasteiger partial charge in [-0.25, -0.2) is 0 Å². The van der Waals surface area contributed by atoms with Gasteiger partial charge >= 0.3 is 0 Å². The van der Waals surface area contributed by atoms with Gasteiger partial charge in [0.2, 0.25) is 0 Å². The van der Waals surface area contributed by atoms with Crippen LogP contribution in [0.4, 0.5) is 11.4 Å². The highest BCUT2D eigenvalue weighted by Crippen LogP contribution is 2.29. The Labute approximate surface area is 133 Å². The molecule has 20 heavy (non-hydrogen) atoms. The number of para-hydroxylation sites is 1. The SMILES string of the molecule is S=C1SCN(c2cccc(Cl)c2)CN1c1ccccc1. The van der Waals surface area contributed by atoms with Crippen molar-refractivity contribution < 1.29 is 0 Å². The highest BCUT2D eigenvalue weighted by atomic mass is 35.5. The summed E-state index contributed by atoms with van der Waals surface area (Å²) >= 11 is 13.2. The van der Waals surface area contributed by atoms with Gasteiger partial charge in [-0.2, -0.15) is 0 Å². The first-order valence-electron chi connectivity index (χ1n) is 6.24. The Morgan fingerprint density at radius 2 is 1.75 bits per heavy atom. The lowest BCUT2D eigenvalue weighted by molar-refractivity contribution is 0.889. The molecule has 0 N–H and O–H groups in total. The molecule has 0 atom stereocenters. The normalized spacial score (nSPS) is 15.6. The molecule has 0 spiro atoms. The van der Waals surface area contributed by atoms with Gasteiger partial charge in [-0.15, -0.1) is 0 Å². The van der Waals surface area contributed by atoms with Crippen LogP contribution in [0.25, 0.3) is 0 Å². The summed E-state index contributed by atoms with van der Waals surface area (Å²) in [6, 6.07) is 18.1. The van der Waals surface area contributed by atoms with Crippen molar-refractivity contribution in [2.24, 2.45) is 0 Å². The van der Waals surface area contributed by atoms with E-state index in [2.05, 4.69) is 28.0 Å². The highest BCUT2D eigenvalue weighted by Gasteiger charge is 2.23. The number of hydrogen-bond acceptors (Lipinski definition) is 3. The summed E-state index contributed by atoms with van der Waals surface area (Å²) in [4.78, 5) is 4.41. The Morgan fingerprint density at radius 1 is 1.00 bits per heavy atom. The molecule has 102 valence electrons. The van der Waals surface area contributed by atoms with Crippen LogP contribution in [0, 0.1) is 0 Å². The minimum Gasteiger partial charge on any atom is -0.344 e. The van der Waals surface area contributed by atoms with Crippen molar-refractivity contribution in [2.45, 2.75) is 0 Å². The van der Waals surface area contributed by atoms with Gasteiger partial charge in [0.15, 0.2) is 0 Å². The van der Waals surface area contributed by atoms with E-state index in [1.807, 2.05) is 36.4 Å². The van der Waals surface area contributed by atoms with Crippen molar-refractivity contribution in [3.05, 3.63) is 59.6 Å². The second-order valence-corrected chi connectivity index (χ2v) is 6.48. The van der Waals surface area contributed by atoms with Crippen LogP contribution in [0.3, 0.4) is 0 Å². The van der Waals surface area contributed by atoms with Crippen molar-refractivity contribution in [2.75, 3.05) is 22.3 Å². The Bertz CT molecular complexity index is 618. The van der Waals surface area contributed by atoms with Crippen molar-refractivity contribution >= 4 is 51.3 Å². The number of hydrogen-bond donors (Lipinski definition) is 0. The smallest absolute Gasteiger partial charge is 0.144 e. The summed E-state index contributed by atoms with van der Waals surface area (Å²) < 4.78 is 0.912. The maximum atomic E-state index is 6.07. The first kappa shape index (κ1) is 13.7. The summed E-state index contributed by atoms with van der Waals surface area (Å²) in [6.07, 6.45) is 0. The molecule has 1 fully saturated rings. The van der Waals surface area contributed by atoms with E-state index < -0.39 is 0 Å². The Kier molecular flexibility index (Phi) is 4.15. The Morgan fingerprint density at radius 3 is 2.50 bits per heavy atom. The highest BCUT2D eigenvalue weighted by molar-refractivity contribution is 8.23. The maximum absolute atomic E-state index is 6.07. The lowest BCUT2D eigenvalue weighted by Crippen LogP contribution is -2.45. The van der Waals surface area contributed by atoms with Crippen LogP contribution in [0.1, 0.15) is 0 Å². The van der Waals surface area contributed by atoms with E-state index in [1.165, 1.54) is 0 Å². The number of halogens is 1. The Balaban J connectivity index is 1.85. The molecule has 1 heterocycles. The molecule has 1 saturated heterocycles. The van der Waals surface area contributed by atoms with E-state index in [0.717, 1.165) is 33.3 Å². The van der Waals surface area contributed by atoms with Crippen molar-refractivity contribution in [1.29, 1.82) is 0 Å². The van der Waals surface area contributed by atoms with Gasteiger partial charge in [0.05, 0.1) is 12.5 Å². The largest absolute Gasteiger partial charge is 0.344 e. The van der Waals surface area contributed by atoms with E-state index in [4.69, 9.17) is 23.8 Å². The molecule has 0 saturated carbocycles. The Hall–Kier alpha value is -1.23. The van der Waals surface area contributed by atoms with Crippen LogP contribution in [-0.2, 0) is 0 Å². The number of thioether (sulfide) groups is 1. The molecule has 2 aromatic carbocycles. The van der Waals surface area contributed by atoms with Crippen molar-refractivity contribution in [1.82, 2.24) is 0 Å². The first-order valence-corrected chi connectivity index (χ1v) is 8.01. The zero-order valence-corrected chi connectivity index (χ0v) is 13.1. The molecule has 0 unspecified atom stereocenters. The number of anilines is 2. The minimum absolute atomic E-state index is 0.746. The van der Waals surface area contributed by atoms with Crippen molar-refractivity contribution in [3.63, 3.8) is 0 Å². The predicted molar refractivity (Wildman–Crippen MR) is 92.8 cm³/mol. The molecule has 0 radical (unpaired) electrons. The quantitative estimate of drug-likeness (QED) is 0.746. The molecule has 5 heteroatoms. The first-order chi connectivity index (χ1) is 9.74. The number of benzene rings is 2. The summed E-state index contributed by atoms with van der Waals surface area (Å²) in [5, 5.41) is 0.756. The van der Waals surface area contributed by atoms with Crippen LogP contribution >= 0.6 is 35.6 Å². The fourth-order valence-electron chi connectivity index (χ4n) is 2.10. The molecule has 0 aromatic heterocycles. The van der Waals surface area contributed by atoms with Crippen LogP contribution < -0.4 is 9.80 Å². The van der Waals surface area contributed by atoms with E-state index in [1.54, 1.807) is 11.8 Å². The molecular weight excluding hydrogens is 308 g/mol. The van der Waals surface area contributed by atoms with E-state index >= 15 is 0 Å². The number of rotatable bonds is 2. The average Bonchev–Trinajstić information content (AvgIpc) is 2.48. The predicted octanol–water partition coefficient (Wildman–Crippen LogP) is 4.60. The van der Waals surface area contributed by atoms with E-state index in [9.17, 15) is 0 Å². The average molecular weight is 321 g/mol. The third-order valence-electron chi connectivity index (χ3n) is 3.12. The lowest BCUT2D eigenvalue weighted by Gasteiger charge is -2.38. The maximum Gasteiger partial charge on any atom is 0.144 e. The van der Waals surface area contributed by atoms with Crippen LogP contribution in [0.5, 0.6) is 0 Å². The number of thiocarbonyl (C=S) groups is 1. The van der Waals surface area contributed by atoms with Gasteiger partial charge in [-0.1, -0.05) is 59.8 Å². The molecule has 2 nitrogen and oxygen atoms in total. The minimum atomic E-state index is 0.746. The second kappa shape index (κ2) is 6.04. The lowest BCUT2D eigenvalue weighted by atomic mass is 10.3. The van der Waals surface area contributed by atoms with Gasteiger partial charge in [-0.3, -0.25) is 0 Å². The van der Waals surface area contributed by atoms with Gasteiger partial charge in [0.25, 0.3) is 0 Å². The van der Waals surface area contributed by atoms with Gasteiger partial charge in [-0.05, 0) is 30.3 Å². The summed E-state index contributed by atoms with van der Waals surface area (Å²) in [6.45, 7) is 0.746. The monoisotopic (exact) mass is 320 g/mol. The summed E-state index contributed by atoms with van der Waals surface area (Å²) in [7, 11) is 0. The summed E-state index contributed by atoms with van der Waals surface area (Å²) in [5.74, 6) is 0.850. The van der Waals surface area contributed by atoms with E-state index in [0.29, 0.717) is 0 Å². The second-order valence-electron chi connectivity index (χ2n) is 4.46. The molecule has 1 aliphatic rings. The molecule has 3 rings (SSSR count). The molecule has 1 aliphatic heterocycles. The molecule has 0 bridgehead atoms. The van der Waals surface area contributed by atoms with Gasteiger partial charge in [0, 0.05) is 16.4 Å². The third-order valence-corrected chi connectivity index (χ3v) is 4.83. The van der Waals surface area contributed by atoms with Gasteiger partial charge < -0.3 is 9.80 Å². The van der Waals surface area contributed by atoms with Crippen LogP contribution in [0.15, 0.2) is 54.6 Å². The molecule has 0 amide bonds. The summed E-state index contributed by atoms with van der Waals surface area (Å²) in [5.41, 5.74) is 2.24. The topological polar surface area (TPSA) is 6.48 Å². The number of nitrogens with zero attached hydrogens (tertiary/aromatic N) is 2. The van der Waals surface area contributed by atoms with Gasteiger partial charge in [0.1, 0.15) is 4.32 Å². The van der Waals surface area contributed by atoms with E-state index in [-0.39, 0.29) is 0 Å². The molecule has 2 aromatic rings. The fraction of sp³-hybridized carbons (Fsp3) is 0.133. The molecule has 0 aliphatic carbocycles. The van der Waals surface area contributed by atoms with Crippen LogP contribution in [0.2, 0.25) is 5.02 Å². The fourth-order valence-corrected chi connectivity index (χ4v) is 3.43. The third kappa shape index (κ3) is 2.92. The molecular formula is C15H13ClN2S2.